The van der Waals surface area contributed by atoms with Crippen LogP contribution in [0.25, 0.3) is 17.0 Å². The van der Waals surface area contributed by atoms with Gasteiger partial charge in [0.1, 0.15) is 11.6 Å². The minimum Gasteiger partial charge on any atom is -0.361 e. The van der Waals surface area contributed by atoms with Gasteiger partial charge in [-0.05, 0) is 34.7 Å². The van der Waals surface area contributed by atoms with Crippen LogP contribution in [0.4, 0.5) is 8.78 Å². The van der Waals surface area contributed by atoms with E-state index < -0.39 is 17.6 Å². The molecule has 1 unspecified atom stereocenters. The number of hydrogen-bond donors (Lipinski definition) is 1. The van der Waals surface area contributed by atoms with Gasteiger partial charge in [-0.1, -0.05) is 73.7 Å². The fraction of sp³-hybridized carbons (Fsp3) is 0.281. The Hall–Kier alpha value is -3.77. The van der Waals surface area contributed by atoms with Crippen LogP contribution in [-0.4, -0.2) is 53.4 Å². The van der Waals surface area contributed by atoms with Gasteiger partial charge in [-0.15, -0.1) is 0 Å². The van der Waals surface area contributed by atoms with Crippen LogP contribution in [0.5, 0.6) is 0 Å². The van der Waals surface area contributed by atoms with Crippen molar-refractivity contribution in [1.29, 1.82) is 0 Å². The van der Waals surface area contributed by atoms with Crippen molar-refractivity contribution < 1.29 is 13.6 Å². The molecule has 4 nitrogen and oxygen atoms in total. The number of amides is 1. The number of fused-ring (bicyclic) bond motifs is 1. The largest absolute Gasteiger partial charge is 0.361 e. The van der Waals surface area contributed by atoms with Crippen molar-refractivity contribution in [3.8, 4) is 0 Å². The van der Waals surface area contributed by atoms with Crippen molar-refractivity contribution in [1.82, 2.24) is 14.8 Å². The van der Waals surface area contributed by atoms with Crippen LogP contribution in [-0.2, 0) is 11.2 Å². The van der Waals surface area contributed by atoms with Gasteiger partial charge >= 0.3 is 0 Å². The molecular formula is C32H33F2N3O. The monoisotopic (exact) mass is 513 g/mol. The minimum absolute atomic E-state index is 0.0146. The maximum Gasteiger partial charge on any atom is 0.223 e. The molecule has 1 fully saturated rings. The topological polar surface area (TPSA) is 39.3 Å². The van der Waals surface area contributed by atoms with Gasteiger partial charge in [-0.25, -0.2) is 8.78 Å². The van der Waals surface area contributed by atoms with Crippen LogP contribution in [0, 0.1) is 11.6 Å². The molecule has 0 radical (unpaired) electrons. The molecule has 6 heteroatoms. The summed E-state index contributed by atoms with van der Waals surface area (Å²) in [4.78, 5) is 21.0. The van der Waals surface area contributed by atoms with Crippen LogP contribution in [0.3, 0.4) is 0 Å². The van der Waals surface area contributed by atoms with Gasteiger partial charge in [0.15, 0.2) is 0 Å². The summed E-state index contributed by atoms with van der Waals surface area (Å²) in [6.07, 6.45) is 7.13. The molecule has 2 heterocycles. The van der Waals surface area contributed by atoms with Crippen LogP contribution in [0.1, 0.15) is 41.5 Å². The fourth-order valence-corrected chi connectivity index (χ4v) is 5.38. The Morgan fingerprint density at radius 1 is 0.974 bits per heavy atom. The Bertz CT molecular complexity index is 1420. The molecule has 0 saturated carbocycles. The number of hydrogen-bond acceptors (Lipinski definition) is 2. The van der Waals surface area contributed by atoms with Crippen molar-refractivity contribution >= 4 is 22.9 Å². The summed E-state index contributed by atoms with van der Waals surface area (Å²) in [5.74, 6) is -1.78. The third-order valence-electron chi connectivity index (χ3n) is 7.51. The Morgan fingerprint density at radius 3 is 2.50 bits per heavy atom. The number of nitrogens with zero attached hydrogens (tertiary/aromatic N) is 2. The molecule has 38 heavy (non-hydrogen) atoms. The molecule has 1 aliphatic heterocycles. The van der Waals surface area contributed by atoms with E-state index in [4.69, 9.17) is 0 Å². The number of nitrogens with one attached hydrogen (secondary N) is 1. The number of rotatable bonds is 8. The van der Waals surface area contributed by atoms with E-state index in [1.165, 1.54) is 17.7 Å². The molecule has 0 aliphatic carbocycles. The molecule has 196 valence electrons. The first-order valence-electron chi connectivity index (χ1n) is 13.3. The molecule has 1 atom stereocenters. The zero-order valence-electron chi connectivity index (χ0n) is 21.7. The Labute approximate surface area is 222 Å². The number of aromatic amines is 1. The van der Waals surface area contributed by atoms with E-state index >= 15 is 4.39 Å². The van der Waals surface area contributed by atoms with Crippen LogP contribution in [0.2, 0.25) is 0 Å². The fourth-order valence-electron chi connectivity index (χ4n) is 5.38. The average molecular weight is 514 g/mol. The van der Waals surface area contributed by atoms with E-state index in [-0.39, 0.29) is 12.3 Å². The summed E-state index contributed by atoms with van der Waals surface area (Å²) in [5, 5.41) is 0.973. The van der Waals surface area contributed by atoms with E-state index in [2.05, 4.69) is 47.2 Å². The quantitative estimate of drug-likeness (QED) is 0.297. The van der Waals surface area contributed by atoms with Gasteiger partial charge < -0.3 is 9.88 Å². The number of aromatic nitrogens is 1. The molecular weight excluding hydrogens is 480 g/mol. The van der Waals surface area contributed by atoms with E-state index in [1.807, 2.05) is 41.4 Å². The average Bonchev–Trinajstić information content (AvgIpc) is 3.37. The number of piperazine rings is 1. The van der Waals surface area contributed by atoms with Gasteiger partial charge in [-0.2, -0.15) is 0 Å². The van der Waals surface area contributed by atoms with Gasteiger partial charge in [0.25, 0.3) is 0 Å². The molecule has 1 aliphatic rings. The summed E-state index contributed by atoms with van der Waals surface area (Å²) in [6, 6.07) is 19.9. The minimum atomic E-state index is -0.626. The van der Waals surface area contributed by atoms with Crippen molar-refractivity contribution in [2.45, 2.75) is 25.7 Å². The second-order valence-corrected chi connectivity index (χ2v) is 9.85. The lowest BCUT2D eigenvalue weighted by molar-refractivity contribution is -0.133. The summed E-state index contributed by atoms with van der Waals surface area (Å²) in [5.41, 5.74) is 4.53. The van der Waals surface area contributed by atoms with Gasteiger partial charge in [0.2, 0.25) is 5.91 Å². The van der Waals surface area contributed by atoms with Crippen LogP contribution in [0.15, 0.2) is 79.0 Å². The number of para-hydroxylation sites is 1. The lowest BCUT2D eigenvalue weighted by Gasteiger charge is -2.35. The van der Waals surface area contributed by atoms with E-state index in [0.29, 0.717) is 18.7 Å². The third kappa shape index (κ3) is 5.70. The molecule has 0 bridgehead atoms. The van der Waals surface area contributed by atoms with Gasteiger partial charge in [0, 0.05) is 68.2 Å². The maximum atomic E-state index is 15.0. The predicted molar refractivity (Wildman–Crippen MR) is 149 cm³/mol. The highest BCUT2D eigenvalue weighted by atomic mass is 19.1. The van der Waals surface area contributed by atoms with Crippen molar-refractivity contribution in [2.24, 2.45) is 0 Å². The normalized spacial score (nSPS) is 15.4. The SMILES string of the molecule is CCc1cccc2c(C(CC(=O)N3CCN(C/C=C/c4ccccc4)CC3)c3ccc(F)cc3F)c[nH]c12. The number of carbonyl (C=O) groups is 1. The second-order valence-electron chi connectivity index (χ2n) is 9.85. The third-order valence-corrected chi connectivity index (χ3v) is 7.51. The zero-order valence-corrected chi connectivity index (χ0v) is 21.7. The van der Waals surface area contributed by atoms with Crippen molar-refractivity contribution in [3.05, 3.63) is 113 Å². The van der Waals surface area contributed by atoms with Crippen molar-refractivity contribution in [3.63, 3.8) is 0 Å². The smallest absolute Gasteiger partial charge is 0.223 e. The number of carbonyl (C=O) groups excluding carboxylic acids is 1. The first-order chi connectivity index (χ1) is 18.5. The summed E-state index contributed by atoms with van der Waals surface area (Å²) in [7, 11) is 0. The molecule has 3 aromatic carbocycles. The number of benzene rings is 3. The Morgan fingerprint density at radius 2 is 1.76 bits per heavy atom. The van der Waals surface area contributed by atoms with E-state index in [0.717, 1.165) is 54.2 Å². The van der Waals surface area contributed by atoms with Gasteiger partial charge in [-0.3, -0.25) is 9.69 Å². The molecule has 5 rings (SSSR count). The Balaban J connectivity index is 1.31. The van der Waals surface area contributed by atoms with E-state index in [1.54, 1.807) is 0 Å². The van der Waals surface area contributed by atoms with Gasteiger partial charge in [0.05, 0.1) is 0 Å². The standard InChI is InChI=1S/C32H33F2N3O/c1-2-24-11-6-12-27-29(22-35-32(24)27)28(26-14-13-25(33)20-30(26)34)21-31(38)37-18-16-36(17-19-37)15-7-10-23-8-4-3-5-9-23/h3-14,20,22,28,35H,2,15-19,21H2,1H3/b10-7+. The molecule has 1 saturated heterocycles. The summed E-state index contributed by atoms with van der Waals surface area (Å²) >= 11 is 0. The first-order valence-corrected chi connectivity index (χ1v) is 13.3. The highest BCUT2D eigenvalue weighted by molar-refractivity contribution is 5.88. The van der Waals surface area contributed by atoms with Crippen LogP contribution < -0.4 is 0 Å². The lowest BCUT2D eigenvalue weighted by Crippen LogP contribution is -2.48. The zero-order chi connectivity index (χ0) is 26.5. The second kappa shape index (κ2) is 11.7. The van der Waals surface area contributed by atoms with Crippen molar-refractivity contribution in [2.75, 3.05) is 32.7 Å². The maximum absolute atomic E-state index is 15.0. The summed E-state index contributed by atoms with van der Waals surface area (Å²) < 4.78 is 28.8. The molecule has 1 amide bonds. The molecule has 1 aromatic heterocycles. The Kier molecular flexibility index (Phi) is 7.99. The first kappa shape index (κ1) is 25.9. The highest BCUT2D eigenvalue weighted by Crippen LogP contribution is 2.36. The number of H-pyrrole nitrogens is 1. The molecule has 4 aromatic rings. The van der Waals surface area contributed by atoms with E-state index in [9.17, 15) is 9.18 Å². The summed E-state index contributed by atoms with van der Waals surface area (Å²) in [6.45, 7) is 5.75. The molecule has 0 spiro atoms. The number of aryl methyl sites for hydroxylation is 1. The molecule has 1 N–H and O–H groups in total. The van der Waals surface area contributed by atoms with Crippen LogP contribution >= 0.6 is 0 Å². The predicted octanol–water partition coefficient (Wildman–Crippen LogP) is 6.39. The lowest BCUT2D eigenvalue weighted by atomic mass is 9.87. The number of halogens is 2. The highest BCUT2D eigenvalue weighted by Gasteiger charge is 2.28.